The van der Waals surface area contributed by atoms with Crippen molar-refractivity contribution in [2.75, 3.05) is 6.54 Å². The first kappa shape index (κ1) is 17.9. The van der Waals surface area contributed by atoms with Gasteiger partial charge in [0.25, 0.3) is 0 Å². The molecule has 0 aliphatic heterocycles. The second-order valence-electron chi connectivity index (χ2n) is 6.08. The number of nitrogens with two attached hydrogens (primary N) is 1. The molecular formula is C14H28N2O3. The van der Waals surface area contributed by atoms with Crippen LogP contribution >= 0.6 is 0 Å². The Bertz CT molecular complexity index is 285. The number of rotatable bonds is 9. The van der Waals surface area contributed by atoms with Gasteiger partial charge in [0.15, 0.2) is 0 Å². The summed E-state index contributed by atoms with van der Waals surface area (Å²) in [7, 11) is 0. The second-order valence-corrected chi connectivity index (χ2v) is 6.08. The molecule has 0 saturated carbocycles. The lowest BCUT2D eigenvalue weighted by Gasteiger charge is -2.26. The lowest BCUT2D eigenvalue weighted by Crippen LogP contribution is -2.40. The van der Waals surface area contributed by atoms with Crippen LogP contribution in [0.1, 0.15) is 59.3 Å². The van der Waals surface area contributed by atoms with Gasteiger partial charge in [-0.05, 0) is 18.3 Å². The fourth-order valence-electron chi connectivity index (χ4n) is 1.56. The molecule has 0 bridgehead atoms. The third-order valence-electron chi connectivity index (χ3n) is 3.16. The van der Waals surface area contributed by atoms with Crippen LogP contribution in [0.5, 0.6) is 0 Å². The van der Waals surface area contributed by atoms with Crippen molar-refractivity contribution in [2.45, 2.75) is 65.3 Å². The summed E-state index contributed by atoms with van der Waals surface area (Å²) in [6.45, 7) is 6.71. The second kappa shape index (κ2) is 8.91. The zero-order chi connectivity index (χ0) is 14.9. The fourth-order valence-corrected chi connectivity index (χ4v) is 1.56. The molecule has 0 aromatic heterocycles. The van der Waals surface area contributed by atoms with Gasteiger partial charge in [0, 0.05) is 25.4 Å². The van der Waals surface area contributed by atoms with Gasteiger partial charge in [-0.2, -0.15) is 0 Å². The van der Waals surface area contributed by atoms with Gasteiger partial charge < -0.3 is 16.2 Å². The predicted molar refractivity (Wildman–Crippen MR) is 75.8 cm³/mol. The number of carboxylic acids is 1. The summed E-state index contributed by atoms with van der Waals surface area (Å²) in [5.74, 6) is -0.752. The Morgan fingerprint density at radius 1 is 1.16 bits per heavy atom. The van der Waals surface area contributed by atoms with Crippen LogP contribution in [0.4, 0.5) is 0 Å². The highest BCUT2D eigenvalue weighted by molar-refractivity contribution is 5.76. The molecule has 0 aliphatic carbocycles. The Morgan fingerprint density at radius 3 is 2.26 bits per heavy atom. The van der Waals surface area contributed by atoms with E-state index in [2.05, 4.69) is 5.32 Å². The van der Waals surface area contributed by atoms with E-state index in [1.807, 2.05) is 20.8 Å². The maximum atomic E-state index is 11.6. The molecule has 0 saturated heterocycles. The minimum Gasteiger partial charge on any atom is -0.481 e. The summed E-state index contributed by atoms with van der Waals surface area (Å²) in [6, 6.07) is -0.136. The summed E-state index contributed by atoms with van der Waals surface area (Å²) in [5, 5.41) is 11.3. The Morgan fingerprint density at radius 2 is 1.74 bits per heavy atom. The van der Waals surface area contributed by atoms with Crippen molar-refractivity contribution < 1.29 is 14.7 Å². The highest BCUT2D eigenvalue weighted by atomic mass is 16.4. The fraction of sp³-hybridized carbons (Fsp3) is 0.857. The van der Waals surface area contributed by atoms with E-state index in [4.69, 9.17) is 10.8 Å². The third kappa shape index (κ3) is 10.5. The molecule has 5 heteroatoms. The number of carbonyl (C=O) groups excluding carboxylic acids is 1. The van der Waals surface area contributed by atoms with E-state index in [-0.39, 0.29) is 23.8 Å². The molecule has 112 valence electrons. The number of hydrogen-bond acceptors (Lipinski definition) is 3. The summed E-state index contributed by atoms with van der Waals surface area (Å²) in [5.41, 5.74) is 5.87. The first-order valence-corrected chi connectivity index (χ1v) is 6.97. The highest BCUT2D eigenvalue weighted by Gasteiger charge is 2.22. The molecule has 4 N–H and O–H groups in total. The first-order valence-electron chi connectivity index (χ1n) is 6.97. The van der Waals surface area contributed by atoms with Gasteiger partial charge in [0.1, 0.15) is 0 Å². The molecular weight excluding hydrogens is 244 g/mol. The molecule has 0 aliphatic rings. The zero-order valence-corrected chi connectivity index (χ0v) is 12.4. The molecule has 19 heavy (non-hydrogen) atoms. The topological polar surface area (TPSA) is 92.4 Å². The Labute approximate surface area is 115 Å². The van der Waals surface area contributed by atoms with E-state index < -0.39 is 5.97 Å². The largest absolute Gasteiger partial charge is 0.481 e. The van der Waals surface area contributed by atoms with E-state index in [1.165, 1.54) is 0 Å². The molecule has 0 aromatic carbocycles. The van der Waals surface area contributed by atoms with Crippen LogP contribution in [0.25, 0.3) is 0 Å². The maximum absolute atomic E-state index is 11.6. The van der Waals surface area contributed by atoms with Gasteiger partial charge in [-0.1, -0.05) is 33.6 Å². The molecule has 0 fully saturated rings. The first-order chi connectivity index (χ1) is 8.73. The van der Waals surface area contributed by atoms with Crippen molar-refractivity contribution in [2.24, 2.45) is 11.1 Å². The molecule has 1 atom stereocenters. The number of hydrogen-bond donors (Lipinski definition) is 3. The molecule has 0 aromatic rings. The van der Waals surface area contributed by atoms with Gasteiger partial charge in [0.2, 0.25) is 5.91 Å². The minimum atomic E-state index is -0.746. The van der Waals surface area contributed by atoms with Crippen LogP contribution in [0.3, 0.4) is 0 Å². The average molecular weight is 272 g/mol. The van der Waals surface area contributed by atoms with Crippen molar-refractivity contribution in [3.8, 4) is 0 Å². The quantitative estimate of drug-likeness (QED) is 0.559. The van der Waals surface area contributed by atoms with Crippen LogP contribution in [-0.2, 0) is 9.59 Å². The number of carboxylic acid groups (broad SMARTS) is 1. The van der Waals surface area contributed by atoms with Crippen molar-refractivity contribution in [3.63, 3.8) is 0 Å². The lowest BCUT2D eigenvalue weighted by atomic mass is 9.85. The Balaban J connectivity index is 3.52. The molecule has 5 nitrogen and oxygen atoms in total. The summed E-state index contributed by atoms with van der Waals surface area (Å²) >= 11 is 0. The number of amides is 1. The normalized spacial score (nSPS) is 13.1. The van der Waals surface area contributed by atoms with Gasteiger partial charge in [0.05, 0.1) is 0 Å². The van der Waals surface area contributed by atoms with Crippen LogP contribution in [0.15, 0.2) is 0 Å². The van der Waals surface area contributed by atoms with Crippen molar-refractivity contribution in [3.05, 3.63) is 0 Å². The van der Waals surface area contributed by atoms with Crippen molar-refractivity contribution >= 4 is 11.9 Å². The van der Waals surface area contributed by atoms with Gasteiger partial charge >= 0.3 is 5.97 Å². The number of unbranched alkanes of at least 4 members (excludes halogenated alkanes) is 3. The van der Waals surface area contributed by atoms with Gasteiger partial charge in [-0.3, -0.25) is 9.59 Å². The number of nitrogens with one attached hydrogen (secondary N) is 1. The monoisotopic (exact) mass is 272 g/mol. The Kier molecular flexibility index (Phi) is 8.39. The molecule has 1 unspecified atom stereocenters. The highest BCUT2D eigenvalue weighted by Crippen LogP contribution is 2.19. The van der Waals surface area contributed by atoms with Crippen LogP contribution in [0.2, 0.25) is 0 Å². The van der Waals surface area contributed by atoms with E-state index in [9.17, 15) is 9.59 Å². The van der Waals surface area contributed by atoms with E-state index in [0.717, 1.165) is 19.3 Å². The minimum absolute atomic E-state index is 0.00652. The van der Waals surface area contributed by atoms with Crippen LogP contribution in [-0.4, -0.2) is 29.6 Å². The molecule has 0 radical (unpaired) electrons. The van der Waals surface area contributed by atoms with Crippen LogP contribution < -0.4 is 11.1 Å². The maximum Gasteiger partial charge on any atom is 0.303 e. The van der Waals surface area contributed by atoms with Crippen molar-refractivity contribution in [1.82, 2.24) is 5.32 Å². The standard InChI is InChI=1S/C14H28N2O3/c1-14(2,3)11(15)10-12(17)16-9-7-5-4-6-8-13(18)19/h11H,4-10,15H2,1-3H3,(H,16,17)(H,18,19). The van der Waals surface area contributed by atoms with E-state index >= 15 is 0 Å². The lowest BCUT2D eigenvalue weighted by molar-refractivity contribution is -0.137. The number of carbonyl (C=O) groups is 2. The van der Waals surface area contributed by atoms with E-state index in [0.29, 0.717) is 19.4 Å². The van der Waals surface area contributed by atoms with Crippen molar-refractivity contribution in [1.29, 1.82) is 0 Å². The van der Waals surface area contributed by atoms with Gasteiger partial charge in [-0.25, -0.2) is 0 Å². The number of aliphatic carboxylic acids is 1. The summed E-state index contributed by atoms with van der Waals surface area (Å²) in [6.07, 6.45) is 4.01. The average Bonchev–Trinajstić information content (AvgIpc) is 2.25. The Hall–Kier alpha value is -1.10. The third-order valence-corrected chi connectivity index (χ3v) is 3.16. The molecule has 0 rings (SSSR count). The molecule has 0 heterocycles. The van der Waals surface area contributed by atoms with E-state index in [1.54, 1.807) is 0 Å². The zero-order valence-electron chi connectivity index (χ0n) is 12.4. The summed E-state index contributed by atoms with van der Waals surface area (Å²) in [4.78, 5) is 21.9. The molecule has 0 spiro atoms. The SMILES string of the molecule is CC(C)(C)C(N)CC(=O)NCCCCCCC(=O)O. The smallest absolute Gasteiger partial charge is 0.303 e. The van der Waals surface area contributed by atoms with Crippen LogP contribution in [0, 0.1) is 5.41 Å². The molecule has 1 amide bonds. The van der Waals surface area contributed by atoms with Gasteiger partial charge in [-0.15, -0.1) is 0 Å². The predicted octanol–water partition coefficient (Wildman–Crippen LogP) is 1.90. The summed E-state index contributed by atoms with van der Waals surface area (Å²) < 4.78 is 0.